The molecule has 0 aromatic rings. The van der Waals surface area contributed by atoms with Gasteiger partial charge in [-0.1, -0.05) is 70.8 Å². The molecule has 0 saturated heterocycles. The molecule has 0 amide bonds. The Labute approximate surface area is 199 Å². The second kappa shape index (κ2) is 23.2. The molecule has 0 aromatic carbocycles. The Morgan fingerprint density at radius 3 is 2.00 bits per heavy atom. The van der Waals surface area contributed by atoms with Gasteiger partial charge in [-0.2, -0.15) is 8.42 Å². The zero-order chi connectivity index (χ0) is 20.9. The fraction of sp³-hybridized carbons (Fsp3) is 0.900. The molecule has 29 heavy (non-hydrogen) atoms. The molecule has 0 bridgehead atoms. The normalized spacial score (nSPS) is 12.5. The summed E-state index contributed by atoms with van der Waals surface area (Å²) in [7, 11) is -4.07. The van der Waals surface area contributed by atoms with Crippen LogP contribution in [0.5, 0.6) is 0 Å². The summed E-state index contributed by atoms with van der Waals surface area (Å²) in [5.41, 5.74) is 0. The molecule has 0 heterocycles. The van der Waals surface area contributed by atoms with E-state index in [0.717, 1.165) is 12.8 Å². The SMILES string of the molecule is C=CCOCC(COCCCCCCCCCCCC)OCCS(=O)(=O)O[O-].[Na+]. The predicted molar refractivity (Wildman–Crippen MR) is 108 cm³/mol. The van der Waals surface area contributed by atoms with Gasteiger partial charge in [-0.15, -0.1) is 6.58 Å². The average molecular weight is 447 g/mol. The van der Waals surface area contributed by atoms with Crippen LogP contribution in [0, 0.1) is 0 Å². The van der Waals surface area contributed by atoms with Gasteiger partial charge in [0.2, 0.25) is 0 Å². The maximum atomic E-state index is 11.0. The van der Waals surface area contributed by atoms with Crippen molar-refractivity contribution in [2.75, 3.05) is 38.8 Å². The number of unbranched alkanes of at least 4 members (excludes halogenated alkanes) is 9. The van der Waals surface area contributed by atoms with Gasteiger partial charge in [0, 0.05) is 6.61 Å². The van der Waals surface area contributed by atoms with Gasteiger partial charge in [-0.05, 0) is 6.42 Å². The summed E-state index contributed by atoms with van der Waals surface area (Å²) in [6, 6.07) is 0. The average Bonchev–Trinajstić information content (AvgIpc) is 2.68. The minimum Gasteiger partial charge on any atom is -0.707 e. The zero-order valence-electron chi connectivity index (χ0n) is 18.4. The molecule has 1 atom stereocenters. The third-order valence-electron chi connectivity index (χ3n) is 4.28. The van der Waals surface area contributed by atoms with Crippen LogP contribution in [0.25, 0.3) is 0 Å². The summed E-state index contributed by atoms with van der Waals surface area (Å²) in [5, 5.41) is 10.0. The van der Waals surface area contributed by atoms with E-state index in [9.17, 15) is 13.7 Å². The van der Waals surface area contributed by atoms with Crippen LogP contribution in [0.2, 0.25) is 0 Å². The Kier molecular flexibility index (Phi) is 25.3. The quantitative estimate of drug-likeness (QED) is 0.0767. The molecule has 0 fully saturated rings. The van der Waals surface area contributed by atoms with Crippen LogP contribution in [-0.2, 0) is 28.7 Å². The number of rotatable bonds is 22. The molecule has 0 aliphatic heterocycles. The predicted octanol–water partition coefficient (Wildman–Crippen LogP) is 0.137. The van der Waals surface area contributed by atoms with Crippen molar-refractivity contribution < 1.29 is 61.8 Å². The molecule has 0 aromatic heterocycles. The Balaban J connectivity index is 0. The molecule has 9 heteroatoms. The molecular formula is C20H39NaO7S. The van der Waals surface area contributed by atoms with Crippen LogP contribution in [0.4, 0.5) is 0 Å². The second-order valence-electron chi connectivity index (χ2n) is 6.91. The molecule has 0 saturated carbocycles. The molecule has 0 aliphatic carbocycles. The summed E-state index contributed by atoms with van der Waals surface area (Å²) < 4.78 is 41.6. The molecule has 0 N–H and O–H groups in total. The van der Waals surface area contributed by atoms with E-state index in [1.807, 2.05) is 0 Å². The maximum Gasteiger partial charge on any atom is 1.00 e. The first-order valence-electron chi connectivity index (χ1n) is 10.5. The number of hydrogen-bond acceptors (Lipinski definition) is 7. The van der Waals surface area contributed by atoms with Gasteiger partial charge in [0.25, 0.3) is 10.1 Å². The summed E-state index contributed by atoms with van der Waals surface area (Å²) >= 11 is 0. The van der Waals surface area contributed by atoms with Crippen LogP contribution in [0.15, 0.2) is 12.7 Å². The van der Waals surface area contributed by atoms with Crippen molar-refractivity contribution in [2.24, 2.45) is 0 Å². The molecule has 0 spiro atoms. The fourth-order valence-corrected chi connectivity index (χ4v) is 3.05. The molecule has 0 rings (SSSR count). The van der Waals surface area contributed by atoms with E-state index in [1.54, 1.807) is 6.08 Å². The van der Waals surface area contributed by atoms with Crippen molar-refractivity contribution in [3.8, 4) is 0 Å². The van der Waals surface area contributed by atoms with Crippen LogP contribution in [0.3, 0.4) is 0 Å². The van der Waals surface area contributed by atoms with E-state index in [2.05, 4.69) is 17.8 Å². The topological polar surface area (TPSA) is 94.1 Å². The number of hydrogen-bond donors (Lipinski definition) is 0. The molecule has 1 unspecified atom stereocenters. The van der Waals surface area contributed by atoms with Gasteiger partial charge < -0.3 is 23.8 Å². The fourth-order valence-electron chi connectivity index (χ4n) is 2.68. The monoisotopic (exact) mass is 446 g/mol. The van der Waals surface area contributed by atoms with Gasteiger partial charge in [-0.25, -0.2) is 0 Å². The third kappa shape index (κ3) is 23.0. The van der Waals surface area contributed by atoms with Crippen molar-refractivity contribution in [1.82, 2.24) is 0 Å². The van der Waals surface area contributed by atoms with Gasteiger partial charge in [0.05, 0.1) is 32.2 Å². The smallest absolute Gasteiger partial charge is 0.707 e. The summed E-state index contributed by atoms with van der Waals surface area (Å²) in [6.07, 6.45) is 13.9. The van der Waals surface area contributed by atoms with Crippen molar-refractivity contribution in [3.05, 3.63) is 12.7 Å². The van der Waals surface area contributed by atoms with E-state index in [1.165, 1.54) is 51.4 Å². The first-order chi connectivity index (χ1) is 13.6. The van der Waals surface area contributed by atoms with Gasteiger partial charge in [0.15, 0.2) is 0 Å². The Bertz CT molecular complexity index is 446. The van der Waals surface area contributed by atoms with Crippen LogP contribution in [-0.4, -0.2) is 53.3 Å². The first kappa shape index (κ1) is 31.7. The van der Waals surface area contributed by atoms with Crippen molar-refractivity contribution in [1.29, 1.82) is 0 Å². The Hall–Kier alpha value is 0.490. The van der Waals surface area contributed by atoms with Gasteiger partial charge in [-0.3, -0.25) is 0 Å². The zero-order valence-corrected chi connectivity index (χ0v) is 21.3. The van der Waals surface area contributed by atoms with Crippen molar-refractivity contribution in [2.45, 2.75) is 77.2 Å². The van der Waals surface area contributed by atoms with E-state index in [4.69, 9.17) is 14.2 Å². The number of ether oxygens (including phenoxy) is 3. The second-order valence-corrected chi connectivity index (χ2v) is 8.57. The van der Waals surface area contributed by atoms with Crippen molar-refractivity contribution >= 4 is 10.1 Å². The minimum absolute atomic E-state index is 0. The van der Waals surface area contributed by atoms with Crippen LogP contribution < -0.4 is 34.8 Å². The molecular weight excluding hydrogens is 407 g/mol. The minimum atomic E-state index is -4.07. The Morgan fingerprint density at radius 1 is 0.897 bits per heavy atom. The standard InChI is InChI=1S/C20H40O7S.Na/c1-3-5-6-7-8-9-10-11-12-13-15-25-19-20(18-24-14-4-2)26-16-17-28(22,23)27-21;/h4,20-21H,2-3,5-19H2,1H3;/q;+1/p-1. The largest absolute Gasteiger partial charge is 1.00 e. The summed E-state index contributed by atoms with van der Waals surface area (Å²) in [5.74, 6) is -0.493. The van der Waals surface area contributed by atoms with E-state index < -0.39 is 22.0 Å². The maximum absolute atomic E-state index is 11.0. The summed E-state index contributed by atoms with van der Waals surface area (Å²) in [6.45, 7) is 7.25. The summed E-state index contributed by atoms with van der Waals surface area (Å²) in [4.78, 5) is 0. The first-order valence-corrected chi connectivity index (χ1v) is 12.1. The van der Waals surface area contributed by atoms with Crippen LogP contribution >= 0.6 is 0 Å². The van der Waals surface area contributed by atoms with Crippen molar-refractivity contribution in [3.63, 3.8) is 0 Å². The van der Waals surface area contributed by atoms with E-state index >= 15 is 0 Å². The molecule has 0 aliphatic rings. The molecule has 168 valence electrons. The molecule has 0 radical (unpaired) electrons. The van der Waals surface area contributed by atoms with Crippen LogP contribution in [0.1, 0.15) is 71.1 Å². The van der Waals surface area contributed by atoms with Gasteiger partial charge >= 0.3 is 29.6 Å². The molecule has 7 nitrogen and oxygen atoms in total. The van der Waals surface area contributed by atoms with E-state index in [-0.39, 0.29) is 42.8 Å². The van der Waals surface area contributed by atoms with Gasteiger partial charge in [0.1, 0.15) is 6.10 Å². The Morgan fingerprint density at radius 2 is 1.45 bits per heavy atom. The van der Waals surface area contributed by atoms with E-state index in [0.29, 0.717) is 19.8 Å². The third-order valence-corrected chi connectivity index (χ3v) is 5.15.